The van der Waals surface area contributed by atoms with Gasteiger partial charge in [0, 0.05) is 16.0 Å². The second-order valence-corrected chi connectivity index (χ2v) is 7.64. The fourth-order valence-electron chi connectivity index (χ4n) is 3.28. The van der Waals surface area contributed by atoms with Gasteiger partial charge in [-0.2, -0.15) is 0 Å². The summed E-state index contributed by atoms with van der Waals surface area (Å²) in [6, 6.07) is 9.53. The second-order valence-electron chi connectivity index (χ2n) is 6.42. The van der Waals surface area contributed by atoms with Crippen LogP contribution in [0, 0.1) is 20.8 Å². The van der Waals surface area contributed by atoms with Crippen LogP contribution in [0.5, 0.6) is 0 Å². The summed E-state index contributed by atoms with van der Waals surface area (Å²) in [6.45, 7) is 7.27. The van der Waals surface area contributed by atoms with Crippen molar-refractivity contribution in [3.63, 3.8) is 0 Å². The second kappa shape index (κ2) is 7.36. The van der Waals surface area contributed by atoms with E-state index in [9.17, 15) is 9.59 Å². The summed E-state index contributed by atoms with van der Waals surface area (Å²) >= 11 is 1.34. The van der Waals surface area contributed by atoms with Crippen molar-refractivity contribution < 1.29 is 14.1 Å². The summed E-state index contributed by atoms with van der Waals surface area (Å²) in [5.74, 6) is -0.677. The molecule has 0 aliphatic rings. The van der Waals surface area contributed by atoms with Crippen LogP contribution in [0.15, 0.2) is 34.9 Å². The zero-order valence-corrected chi connectivity index (χ0v) is 16.4. The fraction of sp³-hybridized carbons (Fsp3) is 0.250. The molecule has 1 aromatic carbocycles. The van der Waals surface area contributed by atoms with Crippen LogP contribution in [-0.2, 0) is 4.79 Å². The Kier molecular flexibility index (Phi) is 5.14. The highest BCUT2D eigenvalue weighted by molar-refractivity contribution is 7.17. The molecule has 0 saturated carbocycles. The first-order chi connectivity index (χ1) is 12.8. The van der Waals surface area contributed by atoms with Crippen molar-refractivity contribution in [3.8, 4) is 11.1 Å². The van der Waals surface area contributed by atoms with Crippen LogP contribution in [-0.4, -0.2) is 17.0 Å². The lowest BCUT2D eigenvalue weighted by Gasteiger charge is -2.12. The first kappa shape index (κ1) is 18.8. The minimum absolute atomic E-state index is 0.243. The fourth-order valence-corrected chi connectivity index (χ4v) is 4.36. The molecule has 3 rings (SSSR count). The molecule has 0 aliphatic carbocycles. The van der Waals surface area contributed by atoms with Gasteiger partial charge in [0.2, 0.25) is 5.91 Å². The standard InChI is InChI=1S/C20H21N3O3S/c1-10(15-11(2)23-26-12(15)3)19(25)22-20-17(18(21)24)16(13(4)27-20)14-8-6-5-7-9-14/h5-10H,1-4H3,(H2,21,24)(H,22,25). The maximum absolute atomic E-state index is 12.8. The third kappa shape index (κ3) is 3.50. The molecule has 0 bridgehead atoms. The number of primary amides is 1. The highest BCUT2D eigenvalue weighted by Crippen LogP contribution is 2.40. The Morgan fingerprint density at radius 3 is 2.41 bits per heavy atom. The van der Waals surface area contributed by atoms with Crippen molar-refractivity contribution in [2.45, 2.75) is 33.6 Å². The number of amides is 2. The molecule has 3 N–H and O–H groups in total. The van der Waals surface area contributed by atoms with E-state index in [1.54, 1.807) is 20.8 Å². The van der Waals surface area contributed by atoms with Gasteiger partial charge in [-0.05, 0) is 33.3 Å². The summed E-state index contributed by atoms with van der Waals surface area (Å²) in [5.41, 5.74) is 9.07. The van der Waals surface area contributed by atoms with E-state index >= 15 is 0 Å². The van der Waals surface area contributed by atoms with E-state index in [2.05, 4.69) is 10.5 Å². The number of benzene rings is 1. The summed E-state index contributed by atoms with van der Waals surface area (Å²) < 4.78 is 5.16. The molecule has 27 heavy (non-hydrogen) atoms. The van der Waals surface area contributed by atoms with Gasteiger partial charge in [-0.25, -0.2) is 0 Å². The SMILES string of the molecule is Cc1noc(C)c1C(C)C(=O)Nc1sc(C)c(-c2ccccc2)c1C(N)=O. The average Bonchev–Trinajstić information content (AvgIpc) is 3.13. The number of carbonyl (C=O) groups is 2. The number of anilines is 1. The topological polar surface area (TPSA) is 98.2 Å². The van der Waals surface area contributed by atoms with Gasteiger partial charge < -0.3 is 15.6 Å². The number of hydrogen-bond donors (Lipinski definition) is 2. The van der Waals surface area contributed by atoms with Crippen LogP contribution in [0.25, 0.3) is 11.1 Å². The quantitative estimate of drug-likeness (QED) is 0.691. The van der Waals surface area contributed by atoms with E-state index < -0.39 is 11.8 Å². The van der Waals surface area contributed by atoms with Gasteiger partial charge in [0.1, 0.15) is 10.8 Å². The number of nitrogens with zero attached hydrogens (tertiary/aromatic N) is 1. The number of rotatable bonds is 5. The van der Waals surface area contributed by atoms with Crippen molar-refractivity contribution in [1.82, 2.24) is 5.16 Å². The van der Waals surface area contributed by atoms with Gasteiger partial charge in [0.05, 0.1) is 17.2 Å². The summed E-state index contributed by atoms with van der Waals surface area (Å²) in [6.07, 6.45) is 0. The van der Waals surface area contributed by atoms with E-state index in [1.165, 1.54) is 11.3 Å². The Hall–Kier alpha value is -2.93. The molecule has 1 atom stereocenters. The third-order valence-corrected chi connectivity index (χ3v) is 5.57. The van der Waals surface area contributed by atoms with Crippen molar-refractivity contribution in [3.05, 3.63) is 57.8 Å². The van der Waals surface area contributed by atoms with E-state index in [4.69, 9.17) is 10.3 Å². The average molecular weight is 383 g/mol. The monoisotopic (exact) mass is 383 g/mol. The molecule has 1 unspecified atom stereocenters. The molecular formula is C20H21N3O3S. The summed E-state index contributed by atoms with van der Waals surface area (Å²) in [5, 5.41) is 7.24. The molecule has 6 nitrogen and oxygen atoms in total. The van der Waals surface area contributed by atoms with Crippen molar-refractivity contribution >= 4 is 28.2 Å². The van der Waals surface area contributed by atoms with Gasteiger partial charge >= 0.3 is 0 Å². The predicted octanol–water partition coefficient (Wildman–Crippen LogP) is 4.17. The molecule has 3 aromatic rings. The molecular weight excluding hydrogens is 362 g/mol. The Balaban J connectivity index is 1.98. The number of aryl methyl sites for hydroxylation is 3. The highest BCUT2D eigenvalue weighted by Gasteiger charge is 2.27. The van der Waals surface area contributed by atoms with Gasteiger partial charge in [-0.15, -0.1) is 11.3 Å². The van der Waals surface area contributed by atoms with E-state index in [0.717, 1.165) is 21.6 Å². The lowest BCUT2D eigenvalue weighted by Crippen LogP contribution is -2.21. The smallest absolute Gasteiger partial charge is 0.252 e. The zero-order chi connectivity index (χ0) is 19.7. The van der Waals surface area contributed by atoms with E-state index in [-0.39, 0.29) is 5.91 Å². The number of nitrogens with two attached hydrogens (primary N) is 1. The number of aromatic nitrogens is 1. The maximum atomic E-state index is 12.8. The number of carbonyl (C=O) groups excluding carboxylic acids is 2. The van der Waals surface area contributed by atoms with Crippen LogP contribution in [0.4, 0.5) is 5.00 Å². The Bertz CT molecular complexity index is 986. The van der Waals surface area contributed by atoms with Crippen LogP contribution in [0.1, 0.15) is 45.1 Å². The highest BCUT2D eigenvalue weighted by atomic mass is 32.1. The van der Waals surface area contributed by atoms with Crippen LogP contribution in [0.3, 0.4) is 0 Å². The van der Waals surface area contributed by atoms with E-state index in [1.807, 2.05) is 37.3 Å². The Morgan fingerprint density at radius 2 is 1.85 bits per heavy atom. The Morgan fingerprint density at radius 1 is 1.19 bits per heavy atom. The molecule has 2 heterocycles. The van der Waals surface area contributed by atoms with Gasteiger partial charge in [0.25, 0.3) is 5.91 Å². The molecule has 0 saturated heterocycles. The van der Waals surface area contributed by atoms with Gasteiger partial charge in [-0.1, -0.05) is 35.5 Å². The van der Waals surface area contributed by atoms with Gasteiger partial charge in [0.15, 0.2) is 0 Å². The van der Waals surface area contributed by atoms with E-state index in [0.29, 0.717) is 22.0 Å². The van der Waals surface area contributed by atoms with Crippen LogP contribution >= 0.6 is 11.3 Å². The minimum Gasteiger partial charge on any atom is -0.365 e. The first-order valence-corrected chi connectivity index (χ1v) is 9.35. The first-order valence-electron chi connectivity index (χ1n) is 8.53. The molecule has 7 heteroatoms. The third-order valence-electron chi connectivity index (χ3n) is 4.54. The number of hydrogen-bond acceptors (Lipinski definition) is 5. The molecule has 0 spiro atoms. The summed E-state index contributed by atoms with van der Waals surface area (Å²) in [4.78, 5) is 25.9. The van der Waals surface area contributed by atoms with Crippen molar-refractivity contribution in [2.75, 3.05) is 5.32 Å². The maximum Gasteiger partial charge on any atom is 0.252 e. The van der Waals surface area contributed by atoms with Crippen molar-refractivity contribution in [1.29, 1.82) is 0 Å². The lowest BCUT2D eigenvalue weighted by molar-refractivity contribution is -0.117. The normalized spacial score (nSPS) is 12.0. The largest absolute Gasteiger partial charge is 0.365 e. The Labute approximate surface area is 161 Å². The molecule has 2 amide bonds. The van der Waals surface area contributed by atoms with Gasteiger partial charge in [-0.3, -0.25) is 9.59 Å². The number of thiophene rings is 1. The molecule has 140 valence electrons. The molecule has 2 aromatic heterocycles. The van der Waals surface area contributed by atoms with Crippen LogP contribution in [0.2, 0.25) is 0 Å². The molecule has 0 fully saturated rings. The lowest BCUT2D eigenvalue weighted by atomic mass is 9.98. The van der Waals surface area contributed by atoms with Crippen LogP contribution < -0.4 is 11.1 Å². The predicted molar refractivity (Wildman–Crippen MR) is 106 cm³/mol. The zero-order valence-electron chi connectivity index (χ0n) is 15.6. The molecule has 0 radical (unpaired) electrons. The minimum atomic E-state index is -0.571. The summed E-state index contributed by atoms with van der Waals surface area (Å²) in [7, 11) is 0. The van der Waals surface area contributed by atoms with Crippen molar-refractivity contribution in [2.24, 2.45) is 5.73 Å². The number of nitrogens with one attached hydrogen (secondary N) is 1. The molecule has 0 aliphatic heterocycles.